The van der Waals surface area contributed by atoms with Crippen molar-refractivity contribution in [3.63, 3.8) is 0 Å². The molecular formula is C17H19FO2S. The molecular weight excluding hydrogens is 287 g/mol. The van der Waals surface area contributed by atoms with Gasteiger partial charge in [0.25, 0.3) is 0 Å². The van der Waals surface area contributed by atoms with Crippen molar-refractivity contribution in [2.45, 2.75) is 19.1 Å². The highest BCUT2D eigenvalue weighted by atomic mass is 32.2. The second kappa shape index (κ2) is 7.93. The lowest BCUT2D eigenvalue weighted by molar-refractivity contribution is 0.318. The van der Waals surface area contributed by atoms with Crippen LogP contribution in [0.1, 0.15) is 17.5 Å². The monoisotopic (exact) mass is 306 g/mol. The summed E-state index contributed by atoms with van der Waals surface area (Å²) < 4.78 is 30.2. The third-order valence-electron chi connectivity index (χ3n) is 3.01. The molecule has 0 aromatic heterocycles. The summed E-state index contributed by atoms with van der Waals surface area (Å²) in [4.78, 5) is 0. The van der Waals surface area contributed by atoms with Crippen molar-refractivity contribution in [3.05, 3.63) is 65.5 Å². The molecule has 112 valence electrons. The number of hydrogen-bond acceptors (Lipinski definition) is 2. The first-order chi connectivity index (χ1) is 10.1. The lowest BCUT2D eigenvalue weighted by Crippen LogP contribution is -2.06. The van der Waals surface area contributed by atoms with Gasteiger partial charge < -0.3 is 4.74 Å². The van der Waals surface area contributed by atoms with Gasteiger partial charge in [-0.2, -0.15) is 0 Å². The van der Waals surface area contributed by atoms with E-state index in [1.807, 2.05) is 25.1 Å². The van der Waals surface area contributed by atoms with E-state index in [2.05, 4.69) is 6.07 Å². The molecule has 0 fully saturated rings. The van der Waals surface area contributed by atoms with Gasteiger partial charge in [-0.25, -0.2) is 4.39 Å². The second-order valence-corrected chi connectivity index (χ2v) is 6.51. The molecule has 0 aliphatic rings. The molecule has 0 spiro atoms. The number of halogens is 1. The average Bonchev–Trinajstić information content (AvgIpc) is 2.45. The minimum Gasteiger partial charge on any atom is -0.494 e. The Balaban J connectivity index is 1.68. The van der Waals surface area contributed by atoms with Crippen molar-refractivity contribution >= 4 is 10.8 Å². The highest BCUT2D eigenvalue weighted by molar-refractivity contribution is 7.84. The number of benzene rings is 2. The molecule has 0 unspecified atom stereocenters. The van der Waals surface area contributed by atoms with Crippen LogP contribution in [-0.2, 0) is 16.6 Å². The summed E-state index contributed by atoms with van der Waals surface area (Å²) >= 11 is 0. The zero-order chi connectivity index (χ0) is 15.1. The Morgan fingerprint density at radius 3 is 2.62 bits per heavy atom. The molecule has 4 heteroatoms. The van der Waals surface area contributed by atoms with Crippen LogP contribution >= 0.6 is 0 Å². The second-order valence-electron chi connectivity index (χ2n) is 4.93. The van der Waals surface area contributed by atoms with Gasteiger partial charge in [-0.05, 0) is 43.2 Å². The number of rotatable bonds is 7. The largest absolute Gasteiger partial charge is 0.494 e. The van der Waals surface area contributed by atoms with E-state index < -0.39 is 10.8 Å². The first kappa shape index (κ1) is 15.7. The molecule has 2 aromatic rings. The van der Waals surface area contributed by atoms with Gasteiger partial charge in [0.2, 0.25) is 0 Å². The van der Waals surface area contributed by atoms with Gasteiger partial charge >= 0.3 is 0 Å². The molecule has 0 radical (unpaired) electrons. The molecule has 0 heterocycles. The third-order valence-corrected chi connectivity index (χ3v) is 4.41. The van der Waals surface area contributed by atoms with Crippen LogP contribution in [0.5, 0.6) is 5.75 Å². The Labute approximate surface area is 127 Å². The van der Waals surface area contributed by atoms with Gasteiger partial charge in [0.05, 0.1) is 6.61 Å². The summed E-state index contributed by atoms with van der Waals surface area (Å²) in [5.41, 5.74) is 2.29. The van der Waals surface area contributed by atoms with Gasteiger partial charge in [0.15, 0.2) is 0 Å². The summed E-state index contributed by atoms with van der Waals surface area (Å²) in [6, 6.07) is 14.0. The van der Waals surface area contributed by atoms with Crippen molar-refractivity contribution < 1.29 is 13.3 Å². The fourth-order valence-corrected chi connectivity index (χ4v) is 3.14. The normalized spacial score (nSPS) is 12.1. The van der Waals surface area contributed by atoms with E-state index in [0.717, 1.165) is 12.0 Å². The Morgan fingerprint density at radius 1 is 1.14 bits per heavy atom. The van der Waals surface area contributed by atoms with Crippen LogP contribution in [0, 0.1) is 12.7 Å². The maximum absolute atomic E-state index is 12.7. The smallest absolute Gasteiger partial charge is 0.123 e. The van der Waals surface area contributed by atoms with E-state index in [1.54, 1.807) is 12.1 Å². The van der Waals surface area contributed by atoms with Crippen LogP contribution in [0.2, 0.25) is 0 Å². The molecule has 0 N–H and O–H groups in total. The average molecular weight is 306 g/mol. The SMILES string of the molecule is Cc1cccc(C[S@@](=O)CCCOc2ccc(F)cc2)c1. The lowest BCUT2D eigenvalue weighted by atomic mass is 10.2. The van der Waals surface area contributed by atoms with Gasteiger partial charge in [-0.3, -0.25) is 4.21 Å². The molecule has 0 bridgehead atoms. The topological polar surface area (TPSA) is 26.3 Å². The predicted octanol–water partition coefficient (Wildman–Crippen LogP) is 3.85. The maximum Gasteiger partial charge on any atom is 0.123 e. The van der Waals surface area contributed by atoms with E-state index in [4.69, 9.17) is 4.74 Å². The molecule has 21 heavy (non-hydrogen) atoms. The van der Waals surface area contributed by atoms with Gasteiger partial charge in [-0.1, -0.05) is 29.8 Å². The van der Waals surface area contributed by atoms with Gasteiger partial charge in [0.1, 0.15) is 11.6 Å². The highest BCUT2D eigenvalue weighted by Gasteiger charge is 2.03. The number of hydrogen-bond donors (Lipinski definition) is 0. The molecule has 2 aromatic carbocycles. The molecule has 0 aliphatic carbocycles. The van der Waals surface area contributed by atoms with Crippen LogP contribution in [0.4, 0.5) is 4.39 Å². The molecule has 2 nitrogen and oxygen atoms in total. The van der Waals surface area contributed by atoms with E-state index in [9.17, 15) is 8.60 Å². The summed E-state index contributed by atoms with van der Waals surface area (Å²) in [5, 5.41) is 0. The van der Waals surface area contributed by atoms with Crippen LogP contribution in [0.25, 0.3) is 0 Å². The zero-order valence-corrected chi connectivity index (χ0v) is 12.9. The van der Waals surface area contributed by atoms with Crippen molar-refractivity contribution in [1.82, 2.24) is 0 Å². The van der Waals surface area contributed by atoms with Crippen LogP contribution in [-0.4, -0.2) is 16.6 Å². The summed E-state index contributed by atoms with van der Waals surface area (Å²) in [5.74, 6) is 1.55. The van der Waals surface area contributed by atoms with E-state index in [1.165, 1.54) is 17.7 Å². The summed E-state index contributed by atoms with van der Waals surface area (Å²) in [6.45, 7) is 2.52. The first-order valence-electron chi connectivity index (χ1n) is 6.92. The van der Waals surface area contributed by atoms with E-state index in [0.29, 0.717) is 23.9 Å². The Bertz CT molecular complexity index is 596. The summed E-state index contributed by atoms with van der Waals surface area (Å²) in [6.07, 6.45) is 0.718. The lowest BCUT2D eigenvalue weighted by Gasteiger charge is -2.06. The Morgan fingerprint density at radius 2 is 1.90 bits per heavy atom. The van der Waals surface area contributed by atoms with Crippen molar-refractivity contribution in [3.8, 4) is 5.75 Å². The van der Waals surface area contributed by atoms with Crippen molar-refractivity contribution in [2.75, 3.05) is 12.4 Å². The maximum atomic E-state index is 12.7. The predicted molar refractivity (Wildman–Crippen MR) is 84.4 cm³/mol. The minimum absolute atomic E-state index is 0.276. The Hall–Kier alpha value is -1.68. The van der Waals surface area contributed by atoms with Crippen molar-refractivity contribution in [1.29, 1.82) is 0 Å². The Kier molecular flexibility index (Phi) is 5.93. The number of ether oxygens (including phenoxy) is 1. The van der Waals surface area contributed by atoms with Crippen LogP contribution in [0.15, 0.2) is 48.5 Å². The first-order valence-corrected chi connectivity index (χ1v) is 8.41. The van der Waals surface area contributed by atoms with E-state index in [-0.39, 0.29) is 5.82 Å². The third kappa shape index (κ3) is 5.68. The van der Waals surface area contributed by atoms with Gasteiger partial charge in [-0.15, -0.1) is 0 Å². The molecule has 0 amide bonds. The molecule has 2 rings (SSSR count). The summed E-state index contributed by atoms with van der Waals surface area (Å²) in [7, 11) is -0.881. The highest BCUT2D eigenvalue weighted by Crippen LogP contribution is 2.12. The zero-order valence-electron chi connectivity index (χ0n) is 12.0. The molecule has 1 atom stereocenters. The minimum atomic E-state index is -0.881. The molecule has 0 saturated carbocycles. The van der Waals surface area contributed by atoms with Gasteiger partial charge in [0, 0.05) is 22.3 Å². The fourth-order valence-electron chi connectivity index (χ4n) is 2.00. The van der Waals surface area contributed by atoms with Crippen LogP contribution < -0.4 is 4.74 Å². The molecule has 0 saturated heterocycles. The molecule has 0 aliphatic heterocycles. The standard InChI is InChI=1S/C17H19FO2S/c1-14-4-2-5-15(12-14)13-21(19)11-3-10-20-17-8-6-16(18)7-9-17/h2,4-9,12H,3,10-11,13H2,1H3/t21-/m0/s1. The fraction of sp³-hybridized carbons (Fsp3) is 0.294. The van der Waals surface area contributed by atoms with Crippen LogP contribution in [0.3, 0.4) is 0 Å². The quantitative estimate of drug-likeness (QED) is 0.726. The van der Waals surface area contributed by atoms with E-state index >= 15 is 0 Å². The van der Waals surface area contributed by atoms with Crippen molar-refractivity contribution in [2.24, 2.45) is 0 Å². The number of aryl methyl sites for hydroxylation is 1.